The van der Waals surface area contributed by atoms with E-state index in [0.717, 1.165) is 35.9 Å². The summed E-state index contributed by atoms with van der Waals surface area (Å²) in [5.74, 6) is 0.860. The van der Waals surface area contributed by atoms with E-state index in [4.69, 9.17) is 4.74 Å². The Morgan fingerprint density at radius 3 is 3.11 bits per heavy atom. The SMILES string of the molecule is Cn1c(SCC2CCCO2)nc2ccccc2c1=O. The van der Waals surface area contributed by atoms with E-state index in [1.165, 1.54) is 0 Å². The summed E-state index contributed by atoms with van der Waals surface area (Å²) in [6.45, 7) is 0.856. The monoisotopic (exact) mass is 276 g/mol. The molecule has 0 aliphatic carbocycles. The highest BCUT2D eigenvalue weighted by Gasteiger charge is 2.17. The number of rotatable bonds is 3. The lowest BCUT2D eigenvalue weighted by Crippen LogP contribution is -2.20. The van der Waals surface area contributed by atoms with Crippen LogP contribution in [0.3, 0.4) is 0 Å². The molecule has 19 heavy (non-hydrogen) atoms. The van der Waals surface area contributed by atoms with E-state index in [2.05, 4.69) is 4.98 Å². The maximum absolute atomic E-state index is 12.2. The molecule has 1 unspecified atom stereocenters. The molecule has 100 valence electrons. The van der Waals surface area contributed by atoms with Crippen molar-refractivity contribution in [2.24, 2.45) is 7.05 Å². The van der Waals surface area contributed by atoms with Crippen molar-refractivity contribution in [3.8, 4) is 0 Å². The minimum Gasteiger partial charge on any atom is -0.377 e. The van der Waals surface area contributed by atoms with Crippen LogP contribution < -0.4 is 5.56 Å². The molecule has 4 nitrogen and oxygen atoms in total. The van der Waals surface area contributed by atoms with Gasteiger partial charge in [-0.2, -0.15) is 0 Å². The van der Waals surface area contributed by atoms with Crippen LogP contribution in [0, 0.1) is 0 Å². The van der Waals surface area contributed by atoms with Crippen molar-refractivity contribution in [3.05, 3.63) is 34.6 Å². The van der Waals surface area contributed by atoms with Crippen LogP contribution in [-0.2, 0) is 11.8 Å². The van der Waals surface area contributed by atoms with Gasteiger partial charge in [-0.3, -0.25) is 9.36 Å². The first-order chi connectivity index (χ1) is 9.25. The molecule has 1 aromatic carbocycles. The molecule has 1 saturated heterocycles. The van der Waals surface area contributed by atoms with Crippen LogP contribution in [0.4, 0.5) is 0 Å². The van der Waals surface area contributed by atoms with Crippen LogP contribution >= 0.6 is 11.8 Å². The van der Waals surface area contributed by atoms with E-state index in [1.54, 1.807) is 23.4 Å². The van der Waals surface area contributed by atoms with Gasteiger partial charge in [0.15, 0.2) is 5.16 Å². The van der Waals surface area contributed by atoms with E-state index < -0.39 is 0 Å². The summed E-state index contributed by atoms with van der Waals surface area (Å²) in [6.07, 6.45) is 2.54. The minimum absolute atomic E-state index is 0.0143. The Kier molecular flexibility index (Phi) is 3.57. The third kappa shape index (κ3) is 2.53. The highest BCUT2D eigenvalue weighted by molar-refractivity contribution is 7.99. The van der Waals surface area contributed by atoms with Crippen molar-refractivity contribution in [3.63, 3.8) is 0 Å². The molecule has 1 aromatic heterocycles. The van der Waals surface area contributed by atoms with Gasteiger partial charge in [0.25, 0.3) is 5.56 Å². The van der Waals surface area contributed by atoms with Gasteiger partial charge < -0.3 is 4.74 Å². The van der Waals surface area contributed by atoms with Gasteiger partial charge in [-0.1, -0.05) is 23.9 Å². The molecule has 2 heterocycles. The Bertz CT molecular complexity index is 647. The third-order valence-electron chi connectivity index (χ3n) is 3.36. The average Bonchev–Trinajstić information content (AvgIpc) is 2.94. The van der Waals surface area contributed by atoms with E-state index in [1.807, 2.05) is 24.3 Å². The maximum atomic E-state index is 12.2. The number of ether oxygens (including phenoxy) is 1. The first-order valence-electron chi connectivity index (χ1n) is 6.46. The largest absolute Gasteiger partial charge is 0.377 e. The smallest absolute Gasteiger partial charge is 0.261 e. The summed E-state index contributed by atoms with van der Waals surface area (Å²) >= 11 is 1.60. The topological polar surface area (TPSA) is 44.1 Å². The summed E-state index contributed by atoms with van der Waals surface area (Å²) < 4.78 is 7.22. The Morgan fingerprint density at radius 2 is 2.32 bits per heavy atom. The van der Waals surface area contributed by atoms with Crippen LogP contribution in [0.15, 0.2) is 34.2 Å². The average molecular weight is 276 g/mol. The van der Waals surface area contributed by atoms with Crippen molar-refractivity contribution in [1.82, 2.24) is 9.55 Å². The number of benzene rings is 1. The van der Waals surface area contributed by atoms with E-state index in [-0.39, 0.29) is 5.56 Å². The molecule has 1 aliphatic rings. The molecule has 2 aromatic rings. The lowest BCUT2D eigenvalue weighted by Gasteiger charge is -2.11. The summed E-state index contributed by atoms with van der Waals surface area (Å²) in [6, 6.07) is 7.47. The van der Waals surface area contributed by atoms with E-state index >= 15 is 0 Å². The number of hydrogen-bond acceptors (Lipinski definition) is 4. The van der Waals surface area contributed by atoms with Crippen LogP contribution in [0.2, 0.25) is 0 Å². The second-order valence-electron chi connectivity index (χ2n) is 4.72. The second kappa shape index (κ2) is 5.35. The third-order valence-corrected chi connectivity index (χ3v) is 4.53. The zero-order chi connectivity index (χ0) is 13.2. The van der Waals surface area contributed by atoms with Gasteiger partial charge in [0.2, 0.25) is 0 Å². The Hall–Kier alpha value is -1.33. The lowest BCUT2D eigenvalue weighted by molar-refractivity contribution is 0.129. The number of fused-ring (bicyclic) bond motifs is 1. The Labute approximate surface area is 115 Å². The predicted molar refractivity (Wildman–Crippen MR) is 76.7 cm³/mol. The van der Waals surface area contributed by atoms with Crippen molar-refractivity contribution >= 4 is 22.7 Å². The quantitative estimate of drug-likeness (QED) is 0.637. The maximum Gasteiger partial charge on any atom is 0.261 e. The van der Waals surface area contributed by atoms with Crippen LogP contribution in [0.5, 0.6) is 0 Å². The first-order valence-corrected chi connectivity index (χ1v) is 7.44. The molecule has 1 aliphatic heterocycles. The molecule has 1 atom stereocenters. The van der Waals surface area contributed by atoms with Crippen LogP contribution in [0.1, 0.15) is 12.8 Å². The fourth-order valence-electron chi connectivity index (χ4n) is 2.27. The molecule has 0 amide bonds. The molecule has 0 saturated carbocycles. The fourth-order valence-corrected chi connectivity index (χ4v) is 3.31. The first kappa shape index (κ1) is 12.7. The molecule has 0 N–H and O–H groups in total. The van der Waals surface area contributed by atoms with Crippen molar-refractivity contribution in [2.75, 3.05) is 12.4 Å². The van der Waals surface area contributed by atoms with Crippen molar-refractivity contribution < 1.29 is 4.74 Å². The molecule has 0 radical (unpaired) electrons. The highest BCUT2D eigenvalue weighted by Crippen LogP contribution is 2.22. The number of nitrogens with zero attached hydrogens (tertiary/aromatic N) is 2. The predicted octanol–water partition coefficient (Wildman–Crippen LogP) is 2.20. The van der Waals surface area contributed by atoms with Crippen molar-refractivity contribution in [2.45, 2.75) is 24.1 Å². The standard InChI is InChI=1S/C14H16N2O2S/c1-16-13(17)11-6-2-3-7-12(11)15-14(16)19-9-10-5-4-8-18-10/h2-3,6-7,10H,4-5,8-9H2,1H3. The molecular formula is C14H16N2O2S. The molecule has 0 bridgehead atoms. The minimum atomic E-state index is 0.0143. The second-order valence-corrected chi connectivity index (χ2v) is 5.71. The lowest BCUT2D eigenvalue weighted by atomic mass is 10.2. The molecule has 0 spiro atoms. The van der Waals surface area contributed by atoms with Crippen LogP contribution in [-0.4, -0.2) is 28.0 Å². The zero-order valence-electron chi connectivity index (χ0n) is 10.8. The Balaban J connectivity index is 1.90. The van der Waals surface area contributed by atoms with Crippen molar-refractivity contribution in [1.29, 1.82) is 0 Å². The van der Waals surface area contributed by atoms with Gasteiger partial charge in [-0.15, -0.1) is 0 Å². The van der Waals surface area contributed by atoms with Crippen LogP contribution in [0.25, 0.3) is 10.9 Å². The summed E-state index contributed by atoms with van der Waals surface area (Å²) in [4.78, 5) is 16.8. The molecular weight excluding hydrogens is 260 g/mol. The number of para-hydroxylation sites is 1. The molecule has 3 rings (SSSR count). The summed E-state index contributed by atoms with van der Waals surface area (Å²) in [5.41, 5.74) is 0.779. The van der Waals surface area contributed by atoms with Gasteiger partial charge in [-0.25, -0.2) is 4.98 Å². The van der Waals surface area contributed by atoms with E-state index in [9.17, 15) is 4.79 Å². The normalized spacial score (nSPS) is 19.1. The zero-order valence-corrected chi connectivity index (χ0v) is 11.7. The van der Waals surface area contributed by atoms with Gasteiger partial charge in [0.1, 0.15) is 0 Å². The highest BCUT2D eigenvalue weighted by atomic mass is 32.2. The summed E-state index contributed by atoms with van der Waals surface area (Å²) in [5, 5.41) is 1.44. The number of aromatic nitrogens is 2. The Morgan fingerprint density at radius 1 is 1.47 bits per heavy atom. The number of hydrogen-bond donors (Lipinski definition) is 0. The van der Waals surface area contributed by atoms with E-state index in [0.29, 0.717) is 11.5 Å². The van der Waals surface area contributed by atoms with Gasteiger partial charge >= 0.3 is 0 Å². The fraction of sp³-hybridized carbons (Fsp3) is 0.429. The number of thioether (sulfide) groups is 1. The molecule has 1 fully saturated rings. The van der Waals surface area contributed by atoms with Gasteiger partial charge in [0.05, 0.1) is 17.0 Å². The van der Waals surface area contributed by atoms with Gasteiger partial charge in [0, 0.05) is 19.4 Å². The molecule has 5 heteroatoms. The van der Waals surface area contributed by atoms with Gasteiger partial charge in [-0.05, 0) is 25.0 Å². The summed E-state index contributed by atoms with van der Waals surface area (Å²) in [7, 11) is 1.78.